The molecular weight excluding hydrogens is 506 g/mol. The number of carbonyl (C=O) groups is 3. The van der Waals surface area contributed by atoms with Gasteiger partial charge in [0, 0.05) is 13.0 Å². The van der Waals surface area contributed by atoms with Gasteiger partial charge >= 0.3 is 5.97 Å². The van der Waals surface area contributed by atoms with Crippen molar-refractivity contribution >= 4 is 17.8 Å². The first-order valence-corrected chi connectivity index (χ1v) is 12.4. The minimum Gasteiger partial charge on any atom is -0.493 e. The van der Waals surface area contributed by atoms with E-state index in [0.29, 0.717) is 30.8 Å². The number of amides is 2. The lowest BCUT2D eigenvalue weighted by atomic mass is 10.00. The van der Waals surface area contributed by atoms with Crippen molar-refractivity contribution in [2.45, 2.75) is 38.3 Å². The van der Waals surface area contributed by atoms with E-state index in [1.165, 1.54) is 32.2 Å². The summed E-state index contributed by atoms with van der Waals surface area (Å²) >= 11 is 0. The van der Waals surface area contributed by atoms with Crippen LogP contribution in [0.5, 0.6) is 17.2 Å². The molecule has 0 radical (unpaired) electrons. The van der Waals surface area contributed by atoms with Crippen molar-refractivity contribution in [2.24, 2.45) is 0 Å². The lowest BCUT2D eigenvalue weighted by Gasteiger charge is -2.18. The van der Waals surface area contributed by atoms with E-state index in [-0.39, 0.29) is 48.5 Å². The number of benzene rings is 2. The Bertz CT molecular complexity index is 1260. The number of aliphatic carboxylic acids is 1. The van der Waals surface area contributed by atoms with E-state index in [1.54, 1.807) is 12.1 Å². The van der Waals surface area contributed by atoms with Crippen LogP contribution in [0.1, 0.15) is 58.1 Å². The van der Waals surface area contributed by atoms with Crippen LogP contribution in [-0.4, -0.2) is 65.8 Å². The van der Waals surface area contributed by atoms with Crippen LogP contribution in [0.4, 0.5) is 0 Å². The molecule has 2 amide bonds. The normalized spacial score (nSPS) is 11.4. The molecule has 12 heteroatoms. The van der Waals surface area contributed by atoms with Gasteiger partial charge in [-0.2, -0.15) is 0 Å². The Morgan fingerprint density at radius 2 is 1.69 bits per heavy atom. The molecule has 1 aromatic heterocycles. The quantitative estimate of drug-likeness (QED) is 0.247. The molecule has 3 aromatic rings. The van der Waals surface area contributed by atoms with Crippen LogP contribution in [0.25, 0.3) is 0 Å². The number of carboxylic acid groups (broad SMARTS) is 1. The third kappa shape index (κ3) is 7.94. The highest BCUT2D eigenvalue weighted by molar-refractivity contribution is 5.98. The fraction of sp³-hybridized carbons (Fsp3) is 0.370. The third-order valence-corrected chi connectivity index (χ3v) is 5.99. The first-order chi connectivity index (χ1) is 18.9. The van der Waals surface area contributed by atoms with Gasteiger partial charge in [0.25, 0.3) is 11.8 Å². The summed E-state index contributed by atoms with van der Waals surface area (Å²) in [7, 11) is 4.39. The van der Waals surface area contributed by atoms with Gasteiger partial charge in [-0.1, -0.05) is 42.0 Å². The Balaban J connectivity index is 1.58. The van der Waals surface area contributed by atoms with Crippen molar-refractivity contribution in [2.75, 3.05) is 27.9 Å². The highest BCUT2D eigenvalue weighted by atomic mass is 16.5. The monoisotopic (exact) mass is 539 g/mol. The molecule has 2 aromatic carbocycles. The molecule has 0 fully saturated rings. The molecule has 0 spiro atoms. The van der Waals surface area contributed by atoms with Gasteiger partial charge in [-0.3, -0.25) is 14.4 Å². The molecule has 0 aliphatic carbocycles. The van der Waals surface area contributed by atoms with Gasteiger partial charge < -0.3 is 30.0 Å². The molecule has 1 heterocycles. The molecule has 39 heavy (non-hydrogen) atoms. The molecule has 3 N–H and O–H groups in total. The van der Waals surface area contributed by atoms with Gasteiger partial charge in [0.05, 0.1) is 45.7 Å². The van der Waals surface area contributed by atoms with Crippen molar-refractivity contribution < 1.29 is 33.7 Å². The van der Waals surface area contributed by atoms with Crippen LogP contribution in [0.15, 0.2) is 48.7 Å². The van der Waals surface area contributed by atoms with E-state index in [4.69, 9.17) is 19.3 Å². The Morgan fingerprint density at radius 3 is 2.36 bits per heavy atom. The Labute approximate surface area is 226 Å². The summed E-state index contributed by atoms with van der Waals surface area (Å²) in [6.07, 6.45) is 3.34. The van der Waals surface area contributed by atoms with E-state index >= 15 is 0 Å². The molecule has 0 unspecified atom stereocenters. The molecular formula is C27H33N5O7. The lowest BCUT2D eigenvalue weighted by molar-refractivity contribution is -0.137. The molecule has 208 valence electrons. The first-order valence-electron chi connectivity index (χ1n) is 12.4. The summed E-state index contributed by atoms with van der Waals surface area (Å²) in [5, 5.41) is 22.6. The Morgan fingerprint density at radius 1 is 0.949 bits per heavy atom. The number of unbranched alkanes of at least 4 members (excludes halogenated alkanes) is 1. The highest BCUT2D eigenvalue weighted by Crippen LogP contribution is 2.39. The Kier molecular flexibility index (Phi) is 10.7. The van der Waals surface area contributed by atoms with Crippen LogP contribution in [0, 0.1) is 0 Å². The number of carbonyl (C=O) groups excluding carboxylic acids is 2. The number of aromatic nitrogens is 3. The zero-order valence-corrected chi connectivity index (χ0v) is 22.2. The largest absolute Gasteiger partial charge is 0.493 e. The number of rotatable bonds is 15. The van der Waals surface area contributed by atoms with E-state index in [0.717, 1.165) is 5.56 Å². The van der Waals surface area contributed by atoms with Crippen molar-refractivity contribution in [3.63, 3.8) is 0 Å². The zero-order chi connectivity index (χ0) is 28.2. The van der Waals surface area contributed by atoms with Crippen molar-refractivity contribution in [3.8, 4) is 17.2 Å². The second-order valence-corrected chi connectivity index (χ2v) is 8.58. The second kappa shape index (κ2) is 14.4. The maximum atomic E-state index is 12.9. The maximum Gasteiger partial charge on any atom is 0.303 e. The Hall–Kier alpha value is -4.61. The van der Waals surface area contributed by atoms with Gasteiger partial charge in [-0.25, -0.2) is 4.68 Å². The van der Waals surface area contributed by atoms with E-state index in [2.05, 4.69) is 20.9 Å². The zero-order valence-electron chi connectivity index (χ0n) is 22.2. The summed E-state index contributed by atoms with van der Waals surface area (Å²) in [6, 6.07) is 12.4. The number of hydrogen-bond donors (Lipinski definition) is 3. The number of ether oxygens (including phenoxy) is 3. The number of carboxylic acids is 1. The van der Waals surface area contributed by atoms with Gasteiger partial charge in [-0.05, 0) is 30.5 Å². The van der Waals surface area contributed by atoms with Crippen LogP contribution in [0.2, 0.25) is 0 Å². The van der Waals surface area contributed by atoms with Gasteiger partial charge in [0.15, 0.2) is 17.2 Å². The number of nitrogens with zero attached hydrogens (tertiary/aromatic N) is 3. The lowest BCUT2D eigenvalue weighted by Crippen LogP contribution is -2.29. The second-order valence-electron chi connectivity index (χ2n) is 8.58. The van der Waals surface area contributed by atoms with Gasteiger partial charge in [-0.15, -0.1) is 5.10 Å². The first kappa shape index (κ1) is 29.0. The van der Waals surface area contributed by atoms with Crippen LogP contribution >= 0.6 is 0 Å². The van der Waals surface area contributed by atoms with E-state index < -0.39 is 11.9 Å². The fourth-order valence-electron chi connectivity index (χ4n) is 4.04. The SMILES string of the molecule is COc1ccc(C(=O)NCCn2cc(C(=O)N[C@@H](CCCCC(=O)O)c3ccccc3)nn2)c(OC)c1OC. The average molecular weight is 540 g/mol. The smallest absolute Gasteiger partial charge is 0.303 e. The number of hydrogen-bond acceptors (Lipinski definition) is 8. The van der Waals surface area contributed by atoms with Crippen molar-refractivity contribution in [1.29, 1.82) is 0 Å². The summed E-state index contributed by atoms with van der Waals surface area (Å²) in [6.45, 7) is 0.496. The van der Waals surface area contributed by atoms with Gasteiger partial charge in [0.2, 0.25) is 5.75 Å². The molecule has 1 atom stereocenters. The standard InChI is InChI=1S/C27H33N5O7/c1-37-22-14-13-19(24(38-2)25(22)39-3)26(35)28-15-16-32-17-21(30-31-32)27(36)29-20(11-7-8-12-23(33)34)18-9-5-4-6-10-18/h4-6,9-10,13-14,17,20H,7-8,11-12,15-16H2,1-3H3,(H,28,35)(H,29,36)(H,33,34)/t20-/m0/s1. The number of nitrogens with one attached hydrogen (secondary N) is 2. The third-order valence-electron chi connectivity index (χ3n) is 5.99. The maximum absolute atomic E-state index is 12.9. The number of methoxy groups -OCH3 is 3. The molecule has 0 saturated carbocycles. The van der Waals surface area contributed by atoms with Crippen LogP contribution in [0.3, 0.4) is 0 Å². The van der Waals surface area contributed by atoms with E-state index in [9.17, 15) is 14.4 Å². The molecule has 3 rings (SSSR count). The average Bonchev–Trinajstić information content (AvgIpc) is 3.43. The van der Waals surface area contributed by atoms with Crippen LogP contribution < -0.4 is 24.8 Å². The molecule has 0 aliphatic heterocycles. The fourth-order valence-corrected chi connectivity index (χ4v) is 4.04. The summed E-state index contributed by atoms with van der Waals surface area (Å²) in [4.78, 5) is 36.5. The van der Waals surface area contributed by atoms with E-state index in [1.807, 2.05) is 30.3 Å². The molecule has 0 saturated heterocycles. The molecule has 0 aliphatic rings. The predicted octanol–water partition coefficient (Wildman–Crippen LogP) is 2.85. The van der Waals surface area contributed by atoms with Gasteiger partial charge in [0.1, 0.15) is 0 Å². The summed E-state index contributed by atoms with van der Waals surface area (Å²) in [5.41, 5.74) is 1.33. The predicted molar refractivity (Wildman–Crippen MR) is 141 cm³/mol. The highest BCUT2D eigenvalue weighted by Gasteiger charge is 2.21. The summed E-state index contributed by atoms with van der Waals surface area (Å²) in [5.74, 6) is -0.604. The van der Waals surface area contributed by atoms with Crippen molar-refractivity contribution in [1.82, 2.24) is 25.6 Å². The van der Waals surface area contributed by atoms with Crippen molar-refractivity contribution in [3.05, 3.63) is 65.5 Å². The summed E-state index contributed by atoms with van der Waals surface area (Å²) < 4.78 is 17.4. The van der Waals surface area contributed by atoms with Crippen LogP contribution in [-0.2, 0) is 11.3 Å². The minimum absolute atomic E-state index is 0.0825. The topological polar surface area (TPSA) is 154 Å². The molecule has 12 nitrogen and oxygen atoms in total. The minimum atomic E-state index is -0.842. The molecule has 0 bridgehead atoms.